The van der Waals surface area contributed by atoms with E-state index in [-0.39, 0.29) is 11.4 Å². The zero-order valence-electron chi connectivity index (χ0n) is 12.2. The van der Waals surface area contributed by atoms with Crippen LogP contribution < -0.4 is 10.6 Å². The molecule has 0 aliphatic heterocycles. The molecule has 6 heteroatoms. The molecule has 0 aliphatic carbocycles. The Morgan fingerprint density at radius 2 is 1.71 bits per heavy atom. The minimum Gasteiger partial charge on any atom is -0.333 e. The van der Waals surface area contributed by atoms with Crippen LogP contribution in [0.5, 0.6) is 0 Å². The van der Waals surface area contributed by atoms with E-state index in [4.69, 9.17) is 34.8 Å². The SMILES string of the molecule is CC(C)(C)NC(NC(=O)C=Cc1ccccc1)C(Cl)(Cl)Cl. The van der Waals surface area contributed by atoms with Crippen LogP contribution in [0.4, 0.5) is 0 Å². The number of rotatable bonds is 4. The Bertz CT molecular complexity index is 490. The summed E-state index contributed by atoms with van der Waals surface area (Å²) in [5.74, 6) is -0.341. The van der Waals surface area contributed by atoms with Crippen LogP contribution in [0.15, 0.2) is 36.4 Å². The summed E-state index contributed by atoms with van der Waals surface area (Å²) in [4.78, 5) is 11.9. The normalized spacial score (nSPS) is 14.2. The van der Waals surface area contributed by atoms with E-state index in [1.54, 1.807) is 6.08 Å². The highest BCUT2D eigenvalue weighted by Gasteiger charge is 2.35. The first-order valence-electron chi connectivity index (χ1n) is 6.46. The van der Waals surface area contributed by atoms with Gasteiger partial charge in [0.1, 0.15) is 6.17 Å². The van der Waals surface area contributed by atoms with Gasteiger partial charge in [-0.25, -0.2) is 0 Å². The van der Waals surface area contributed by atoms with Gasteiger partial charge in [-0.1, -0.05) is 65.1 Å². The number of benzene rings is 1. The van der Waals surface area contributed by atoms with Crippen LogP contribution >= 0.6 is 34.8 Å². The number of carbonyl (C=O) groups excluding carboxylic acids is 1. The lowest BCUT2D eigenvalue weighted by molar-refractivity contribution is -0.117. The minimum absolute atomic E-state index is 0.314. The molecule has 0 saturated carbocycles. The lowest BCUT2D eigenvalue weighted by Gasteiger charge is -2.33. The fourth-order valence-corrected chi connectivity index (χ4v) is 1.89. The third-order valence-corrected chi connectivity index (χ3v) is 3.07. The number of hydrogen-bond donors (Lipinski definition) is 2. The van der Waals surface area contributed by atoms with Crippen LogP contribution in [0, 0.1) is 0 Å². The number of halogens is 3. The molecule has 1 atom stereocenters. The van der Waals surface area contributed by atoms with Gasteiger partial charge in [-0.3, -0.25) is 10.1 Å². The van der Waals surface area contributed by atoms with E-state index in [9.17, 15) is 4.79 Å². The number of carbonyl (C=O) groups is 1. The quantitative estimate of drug-likeness (QED) is 0.492. The van der Waals surface area contributed by atoms with E-state index < -0.39 is 9.96 Å². The van der Waals surface area contributed by atoms with E-state index in [0.717, 1.165) is 5.56 Å². The maximum atomic E-state index is 11.9. The zero-order valence-corrected chi connectivity index (χ0v) is 14.4. The summed E-state index contributed by atoms with van der Waals surface area (Å²) in [6, 6.07) is 9.47. The van der Waals surface area contributed by atoms with Crippen molar-refractivity contribution in [3.63, 3.8) is 0 Å². The Kier molecular flexibility index (Phi) is 6.54. The monoisotopic (exact) mass is 348 g/mol. The van der Waals surface area contributed by atoms with Gasteiger partial charge in [0.25, 0.3) is 0 Å². The van der Waals surface area contributed by atoms with E-state index in [0.29, 0.717) is 0 Å². The van der Waals surface area contributed by atoms with E-state index >= 15 is 0 Å². The molecule has 116 valence electrons. The van der Waals surface area contributed by atoms with Gasteiger partial charge < -0.3 is 5.32 Å². The summed E-state index contributed by atoms with van der Waals surface area (Å²) in [7, 11) is 0. The van der Waals surface area contributed by atoms with E-state index in [2.05, 4.69) is 10.6 Å². The second-order valence-electron chi connectivity index (χ2n) is 5.62. The van der Waals surface area contributed by atoms with Crippen LogP contribution in [-0.4, -0.2) is 21.4 Å². The Labute approximate surface area is 140 Å². The van der Waals surface area contributed by atoms with Gasteiger partial charge in [-0.05, 0) is 32.4 Å². The second kappa shape index (κ2) is 7.50. The lowest BCUT2D eigenvalue weighted by atomic mass is 10.1. The van der Waals surface area contributed by atoms with Crippen molar-refractivity contribution in [1.29, 1.82) is 0 Å². The molecular formula is C15H19Cl3N2O. The van der Waals surface area contributed by atoms with Crippen molar-refractivity contribution < 1.29 is 4.79 Å². The summed E-state index contributed by atoms with van der Waals surface area (Å²) in [6.45, 7) is 5.76. The molecule has 3 nitrogen and oxygen atoms in total. The first-order chi connectivity index (χ1) is 9.58. The van der Waals surface area contributed by atoms with Crippen molar-refractivity contribution in [3.8, 4) is 0 Å². The summed E-state index contributed by atoms with van der Waals surface area (Å²) in [5.41, 5.74) is 0.604. The molecule has 0 saturated heterocycles. The molecule has 2 N–H and O–H groups in total. The fourth-order valence-electron chi connectivity index (χ4n) is 1.56. The Hall–Kier alpha value is -0.740. The lowest BCUT2D eigenvalue weighted by Crippen LogP contribution is -2.58. The van der Waals surface area contributed by atoms with Crippen molar-refractivity contribution >= 4 is 46.8 Å². The summed E-state index contributed by atoms with van der Waals surface area (Å²) < 4.78 is -1.65. The predicted octanol–water partition coefficient (Wildman–Crippen LogP) is 3.90. The molecule has 1 rings (SSSR count). The molecular weight excluding hydrogens is 331 g/mol. The maximum absolute atomic E-state index is 11.9. The third kappa shape index (κ3) is 7.72. The molecule has 1 unspecified atom stereocenters. The number of amides is 1. The molecule has 0 heterocycles. The largest absolute Gasteiger partial charge is 0.333 e. The number of hydrogen-bond acceptors (Lipinski definition) is 2. The van der Waals surface area contributed by atoms with Crippen molar-refractivity contribution in [2.75, 3.05) is 0 Å². The highest BCUT2D eigenvalue weighted by Crippen LogP contribution is 2.30. The first kappa shape index (κ1) is 18.3. The van der Waals surface area contributed by atoms with E-state index in [1.807, 2.05) is 51.1 Å². The van der Waals surface area contributed by atoms with Crippen molar-refractivity contribution in [1.82, 2.24) is 10.6 Å². The standard InChI is InChI=1S/C15H19Cl3N2O/c1-14(2,3)20-13(15(16,17)18)19-12(21)10-9-11-7-5-4-6-8-11/h4-10,13,20H,1-3H3,(H,19,21). The van der Waals surface area contributed by atoms with Gasteiger partial charge in [0, 0.05) is 11.6 Å². The van der Waals surface area contributed by atoms with Crippen molar-refractivity contribution in [2.24, 2.45) is 0 Å². The number of alkyl halides is 3. The van der Waals surface area contributed by atoms with Crippen LogP contribution in [-0.2, 0) is 4.79 Å². The number of nitrogens with one attached hydrogen (secondary N) is 2. The molecule has 1 aromatic carbocycles. The molecule has 0 spiro atoms. The summed E-state index contributed by atoms with van der Waals surface area (Å²) >= 11 is 17.7. The highest BCUT2D eigenvalue weighted by molar-refractivity contribution is 6.68. The average Bonchev–Trinajstić information content (AvgIpc) is 2.34. The molecule has 0 bridgehead atoms. The molecule has 0 aromatic heterocycles. The van der Waals surface area contributed by atoms with Gasteiger partial charge in [-0.2, -0.15) is 0 Å². The van der Waals surface area contributed by atoms with Gasteiger partial charge in [-0.15, -0.1) is 0 Å². The predicted molar refractivity (Wildman–Crippen MR) is 90.6 cm³/mol. The van der Waals surface area contributed by atoms with E-state index in [1.165, 1.54) is 6.08 Å². The topological polar surface area (TPSA) is 41.1 Å². The maximum Gasteiger partial charge on any atom is 0.245 e. The Morgan fingerprint density at radius 3 is 2.19 bits per heavy atom. The molecule has 0 aliphatic rings. The van der Waals surface area contributed by atoms with Gasteiger partial charge in [0.05, 0.1) is 0 Å². The average molecular weight is 350 g/mol. The molecule has 1 aromatic rings. The van der Waals surface area contributed by atoms with Crippen LogP contribution in [0.3, 0.4) is 0 Å². The van der Waals surface area contributed by atoms with Gasteiger partial charge >= 0.3 is 0 Å². The van der Waals surface area contributed by atoms with Crippen molar-refractivity contribution in [3.05, 3.63) is 42.0 Å². The first-order valence-corrected chi connectivity index (χ1v) is 7.59. The van der Waals surface area contributed by atoms with Crippen LogP contribution in [0.25, 0.3) is 6.08 Å². The molecule has 0 fully saturated rings. The van der Waals surface area contributed by atoms with Gasteiger partial charge in [0.2, 0.25) is 9.70 Å². The smallest absolute Gasteiger partial charge is 0.245 e. The summed E-state index contributed by atoms with van der Waals surface area (Å²) in [5, 5.41) is 5.71. The van der Waals surface area contributed by atoms with Crippen LogP contribution in [0.1, 0.15) is 26.3 Å². The van der Waals surface area contributed by atoms with Crippen molar-refractivity contribution in [2.45, 2.75) is 36.3 Å². The molecule has 0 radical (unpaired) electrons. The summed E-state index contributed by atoms with van der Waals surface area (Å²) in [6.07, 6.45) is 2.31. The second-order valence-corrected chi connectivity index (χ2v) is 7.99. The highest BCUT2D eigenvalue weighted by atomic mass is 35.6. The Morgan fingerprint density at radius 1 is 1.14 bits per heavy atom. The molecule has 1 amide bonds. The minimum atomic E-state index is -1.65. The molecule has 21 heavy (non-hydrogen) atoms. The van der Waals surface area contributed by atoms with Crippen LogP contribution in [0.2, 0.25) is 0 Å². The fraction of sp³-hybridized carbons (Fsp3) is 0.400. The Balaban J connectivity index is 2.71. The van der Waals surface area contributed by atoms with Gasteiger partial charge in [0.15, 0.2) is 0 Å². The third-order valence-electron chi connectivity index (χ3n) is 2.42. The zero-order chi connectivity index (χ0) is 16.1.